The van der Waals surface area contributed by atoms with Crippen molar-refractivity contribution in [2.45, 2.75) is 19.4 Å². The first-order valence-corrected chi connectivity index (χ1v) is 5.28. The number of aliphatic hydroxyl groups excluding tert-OH is 1. The van der Waals surface area contributed by atoms with Crippen molar-refractivity contribution in [1.29, 1.82) is 0 Å². The second-order valence-electron chi connectivity index (χ2n) is 4.34. The molecule has 0 spiro atoms. The zero-order chi connectivity index (χ0) is 11.6. The van der Waals surface area contributed by atoms with Crippen LogP contribution in [-0.2, 0) is 6.54 Å². The highest BCUT2D eigenvalue weighted by atomic mass is 16.4. The molecule has 1 aromatic rings. The van der Waals surface area contributed by atoms with Crippen molar-refractivity contribution in [3.8, 4) is 0 Å². The minimum atomic E-state index is -1.05. The molecule has 1 aromatic heterocycles. The van der Waals surface area contributed by atoms with E-state index in [4.69, 9.17) is 14.6 Å². The van der Waals surface area contributed by atoms with Gasteiger partial charge in [-0.2, -0.15) is 0 Å². The molecule has 5 nitrogen and oxygen atoms in total. The van der Waals surface area contributed by atoms with Gasteiger partial charge in [0, 0.05) is 30.7 Å². The minimum Gasteiger partial charge on any atom is -0.475 e. The standard InChI is InChI=1S/C11H15NO4/c13-7-11(2-3-11)6-12-5-8-1-4-16-9(8)10(14)15/h1,4,12-13H,2-3,5-7H2,(H,14,15). The van der Waals surface area contributed by atoms with E-state index in [0.29, 0.717) is 18.7 Å². The first-order valence-electron chi connectivity index (χ1n) is 5.28. The molecule has 1 fully saturated rings. The van der Waals surface area contributed by atoms with Crippen LogP contribution in [-0.4, -0.2) is 29.3 Å². The van der Waals surface area contributed by atoms with E-state index in [1.807, 2.05) is 0 Å². The van der Waals surface area contributed by atoms with Gasteiger partial charge in [0.05, 0.1) is 6.26 Å². The van der Waals surface area contributed by atoms with Gasteiger partial charge in [0.15, 0.2) is 0 Å². The maximum atomic E-state index is 10.7. The van der Waals surface area contributed by atoms with Crippen LogP contribution in [0.25, 0.3) is 0 Å². The van der Waals surface area contributed by atoms with Gasteiger partial charge in [-0.3, -0.25) is 0 Å². The molecule has 1 aliphatic rings. The summed E-state index contributed by atoms with van der Waals surface area (Å²) in [5, 5.41) is 21.1. The van der Waals surface area contributed by atoms with Crippen LogP contribution in [0, 0.1) is 5.41 Å². The van der Waals surface area contributed by atoms with Crippen LogP contribution >= 0.6 is 0 Å². The third kappa shape index (κ3) is 2.25. The predicted octanol–water partition coefficient (Wildman–Crippen LogP) is 0.840. The van der Waals surface area contributed by atoms with Crippen molar-refractivity contribution in [2.75, 3.05) is 13.2 Å². The third-order valence-electron chi connectivity index (χ3n) is 3.05. The zero-order valence-corrected chi connectivity index (χ0v) is 8.90. The third-order valence-corrected chi connectivity index (χ3v) is 3.05. The number of furan rings is 1. The molecular formula is C11H15NO4. The van der Waals surface area contributed by atoms with Gasteiger partial charge in [0.25, 0.3) is 0 Å². The first-order chi connectivity index (χ1) is 7.67. The molecular weight excluding hydrogens is 210 g/mol. The highest BCUT2D eigenvalue weighted by Crippen LogP contribution is 2.44. The van der Waals surface area contributed by atoms with Crippen LogP contribution in [0.15, 0.2) is 16.7 Å². The summed E-state index contributed by atoms with van der Waals surface area (Å²) >= 11 is 0. The fourth-order valence-electron chi connectivity index (χ4n) is 1.69. The molecule has 88 valence electrons. The van der Waals surface area contributed by atoms with Crippen LogP contribution in [0.2, 0.25) is 0 Å². The topological polar surface area (TPSA) is 82.7 Å². The van der Waals surface area contributed by atoms with E-state index in [-0.39, 0.29) is 17.8 Å². The molecule has 3 N–H and O–H groups in total. The van der Waals surface area contributed by atoms with E-state index in [1.165, 1.54) is 6.26 Å². The lowest BCUT2D eigenvalue weighted by molar-refractivity contribution is 0.0660. The molecule has 0 aliphatic heterocycles. The summed E-state index contributed by atoms with van der Waals surface area (Å²) in [6.45, 7) is 1.37. The fraction of sp³-hybridized carbons (Fsp3) is 0.545. The van der Waals surface area contributed by atoms with Crippen LogP contribution in [0.4, 0.5) is 0 Å². The number of carboxylic acid groups (broad SMARTS) is 1. The average Bonchev–Trinajstić information content (AvgIpc) is 2.88. The molecule has 2 rings (SSSR count). The van der Waals surface area contributed by atoms with Gasteiger partial charge in [-0.25, -0.2) is 4.79 Å². The van der Waals surface area contributed by atoms with Gasteiger partial charge in [0.1, 0.15) is 0 Å². The number of rotatable bonds is 6. The first kappa shape index (κ1) is 11.2. The molecule has 0 radical (unpaired) electrons. The lowest BCUT2D eigenvalue weighted by Crippen LogP contribution is -2.26. The number of hydrogen-bond donors (Lipinski definition) is 3. The largest absolute Gasteiger partial charge is 0.475 e. The Morgan fingerprint density at radius 1 is 1.56 bits per heavy atom. The Balaban J connectivity index is 1.85. The van der Waals surface area contributed by atoms with Crippen LogP contribution in [0.3, 0.4) is 0 Å². The zero-order valence-electron chi connectivity index (χ0n) is 8.90. The smallest absolute Gasteiger partial charge is 0.372 e. The summed E-state index contributed by atoms with van der Waals surface area (Å²) in [6.07, 6.45) is 3.45. The van der Waals surface area contributed by atoms with Gasteiger partial charge >= 0.3 is 5.97 Å². The van der Waals surface area contributed by atoms with Crippen molar-refractivity contribution >= 4 is 5.97 Å². The van der Waals surface area contributed by atoms with E-state index in [9.17, 15) is 4.79 Å². The molecule has 0 bridgehead atoms. The molecule has 1 aliphatic carbocycles. The number of aliphatic hydroxyl groups is 1. The summed E-state index contributed by atoms with van der Waals surface area (Å²) in [4.78, 5) is 10.7. The molecule has 0 atom stereocenters. The second-order valence-corrected chi connectivity index (χ2v) is 4.34. The van der Waals surface area contributed by atoms with Crippen molar-refractivity contribution < 1.29 is 19.4 Å². The monoisotopic (exact) mass is 225 g/mol. The summed E-state index contributed by atoms with van der Waals surface area (Å²) in [5.74, 6) is -1.06. The Morgan fingerprint density at radius 3 is 2.88 bits per heavy atom. The molecule has 5 heteroatoms. The van der Waals surface area contributed by atoms with Crippen LogP contribution in [0.5, 0.6) is 0 Å². The number of hydrogen-bond acceptors (Lipinski definition) is 4. The highest BCUT2D eigenvalue weighted by molar-refractivity contribution is 5.86. The van der Waals surface area contributed by atoms with E-state index in [1.54, 1.807) is 6.07 Å². The molecule has 16 heavy (non-hydrogen) atoms. The van der Waals surface area contributed by atoms with Gasteiger partial charge in [-0.15, -0.1) is 0 Å². The highest BCUT2D eigenvalue weighted by Gasteiger charge is 2.41. The number of carboxylic acids is 1. The van der Waals surface area contributed by atoms with E-state index in [0.717, 1.165) is 12.8 Å². The SMILES string of the molecule is O=C(O)c1occc1CNCC1(CO)CC1. The summed E-state index contributed by atoms with van der Waals surface area (Å²) in [6, 6.07) is 1.65. The summed E-state index contributed by atoms with van der Waals surface area (Å²) in [7, 11) is 0. The molecule has 1 heterocycles. The lowest BCUT2D eigenvalue weighted by Gasteiger charge is -2.11. The lowest BCUT2D eigenvalue weighted by atomic mass is 10.1. The Hall–Kier alpha value is -1.33. The molecule has 0 saturated heterocycles. The number of aromatic carboxylic acids is 1. The Bertz CT molecular complexity index is 381. The Morgan fingerprint density at radius 2 is 2.31 bits per heavy atom. The van der Waals surface area contributed by atoms with Crippen molar-refractivity contribution in [3.63, 3.8) is 0 Å². The summed E-state index contributed by atoms with van der Waals surface area (Å²) in [5.41, 5.74) is 0.675. The maximum absolute atomic E-state index is 10.7. The fourth-order valence-corrected chi connectivity index (χ4v) is 1.69. The maximum Gasteiger partial charge on any atom is 0.372 e. The predicted molar refractivity (Wildman–Crippen MR) is 56.1 cm³/mol. The van der Waals surface area contributed by atoms with Gasteiger partial charge in [0.2, 0.25) is 5.76 Å². The Kier molecular flexibility index (Phi) is 2.98. The van der Waals surface area contributed by atoms with Gasteiger partial charge in [-0.05, 0) is 18.9 Å². The minimum absolute atomic E-state index is 0.0126. The molecule has 0 amide bonds. The van der Waals surface area contributed by atoms with Crippen molar-refractivity contribution in [3.05, 3.63) is 23.7 Å². The number of nitrogens with one attached hydrogen (secondary N) is 1. The van der Waals surface area contributed by atoms with E-state index in [2.05, 4.69) is 5.32 Å². The van der Waals surface area contributed by atoms with Crippen molar-refractivity contribution in [1.82, 2.24) is 5.32 Å². The van der Waals surface area contributed by atoms with Crippen molar-refractivity contribution in [2.24, 2.45) is 5.41 Å². The van der Waals surface area contributed by atoms with Crippen LogP contribution < -0.4 is 5.32 Å². The van der Waals surface area contributed by atoms with E-state index >= 15 is 0 Å². The summed E-state index contributed by atoms with van der Waals surface area (Å²) < 4.78 is 4.86. The van der Waals surface area contributed by atoms with Crippen LogP contribution in [0.1, 0.15) is 29.0 Å². The Labute approximate surface area is 93.1 Å². The quantitative estimate of drug-likeness (QED) is 0.668. The number of carbonyl (C=O) groups is 1. The molecule has 0 unspecified atom stereocenters. The average molecular weight is 225 g/mol. The van der Waals surface area contributed by atoms with Gasteiger partial charge < -0.3 is 19.9 Å². The molecule has 1 saturated carbocycles. The molecule has 0 aromatic carbocycles. The second kappa shape index (κ2) is 4.27. The van der Waals surface area contributed by atoms with E-state index < -0.39 is 5.97 Å². The van der Waals surface area contributed by atoms with Gasteiger partial charge in [-0.1, -0.05) is 0 Å². The normalized spacial score (nSPS) is 17.3.